The SMILES string of the molecule is C.CN(CCCc1ccc(F)cc1)[C@H]1C[C@@H](C(=O)O)N(C(=O)C(c2ccccc2)c2ccccc2)C1.CN(CCCc1ccc(F)cc1)[C@H]1C[C@@H](C(N)=O)N(C(=O)C(c2ccccc2)c2ccccc2)C1.[2H]CF. The molecule has 0 saturated carbocycles. The molecule has 73 heavy (non-hydrogen) atoms. The Kier molecular flexibility index (Phi) is 21.4. The van der Waals surface area contributed by atoms with E-state index < -0.39 is 42.9 Å². The minimum atomic E-state index is -1.00. The number of alkyl halides is 1. The van der Waals surface area contributed by atoms with E-state index in [9.17, 15) is 37.5 Å². The summed E-state index contributed by atoms with van der Waals surface area (Å²) in [5, 5.41) is 9.96. The van der Waals surface area contributed by atoms with Gasteiger partial charge in [-0.2, -0.15) is 0 Å². The van der Waals surface area contributed by atoms with E-state index in [1.54, 1.807) is 21.9 Å². The number of halogens is 3. The van der Waals surface area contributed by atoms with Gasteiger partial charge in [0, 0.05) is 25.2 Å². The number of amides is 3. The number of likely N-dealkylation sites (N-methyl/N-ethyl adjacent to an activating group) is 2. The maximum absolute atomic E-state index is 13.9. The van der Waals surface area contributed by atoms with E-state index in [1.807, 2.05) is 148 Å². The molecule has 2 aliphatic heterocycles. The van der Waals surface area contributed by atoms with Crippen LogP contribution in [0.3, 0.4) is 0 Å². The van der Waals surface area contributed by atoms with Gasteiger partial charge in [-0.25, -0.2) is 13.6 Å². The summed E-state index contributed by atoms with van der Waals surface area (Å²) >= 11 is 0. The number of carboxylic acid groups (broad SMARTS) is 1. The predicted molar refractivity (Wildman–Crippen MR) is 283 cm³/mol. The quantitative estimate of drug-likeness (QED) is 0.0878. The largest absolute Gasteiger partial charge is 0.480 e. The Hall–Kier alpha value is -7.09. The first-order chi connectivity index (χ1) is 35.3. The van der Waals surface area contributed by atoms with Gasteiger partial charge in [0.2, 0.25) is 17.7 Å². The lowest BCUT2D eigenvalue weighted by molar-refractivity contribution is -0.148. The van der Waals surface area contributed by atoms with Gasteiger partial charge in [-0.05, 0) is 123 Å². The third-order valence-electron chi connectivity index (χ3n) is 13.8. The number of carboxylic acids is 1. The molecule has 3 N–H and O–H groups in total. The summed E-state index contributed by atoms with van der Waals surface area (Å²) in [6.45, 7) is 2.39. The first-order valence-electron chi connectivity index (χ1n) is 25.1. The summed E-state index contributed by atoms with van der Waals surface area (Å²) in [5.74, 6) is -3.26. The van der Waals surface area contributed by atoms with Gasteiger partial charge >= 0.3 is 5.97 Å². The second-order valence-corrected chi connectivity index (χ2v) is 18.5. The highest BCUT2D eigenvalue weighted by atomic mass is 19.1. The number of likely N-dealkylation sites (tertiary alicyclic amines) is 2. The van der Waals surface area contributed by atoms with Crippen molar-refractivity contribution >= 4 is 23.7 Å². The van der Waals surface area contributed by atoms with E-state index in [1.165, 1.54) is 24.3 Å². The fraction of sp³-hybridized carbons (Fsp3) is 0.333. The molecule has 0 aliphatic carbocycles. The van der Waals surface area contributed by atoms with Crippen molar-refractivity contribution in [1.82, 2.24) is 19.6 Å². The number of aliphatic carboxylic acids is 1. The highest BCUT2D eigenvalue weighted by molar-refractivity contribution is 5.93. The fourth-order valence-corrected chi connectivity index (χ4v) is 9.86. The van der Waals surface area contributed by atoms with Gasteiger partial charge in [0.15, 0.2) is 0 Å². The predicted octanol–water partition coefficient (Wildman–Crippen LogP) is 9.78. The van der Waals surface area contributed by atoms with Gasteiger partial charge < -0.3 is 30.4 Å². The maximum Gasteiger partial charge on any atom is 0.326 e. The molecule has 13 heteroatoms. The second-order valence-electron chi connectivity index (χ2n) is 18.5. The van der Waals surface area contributed by atoms with Crippen LogP contribution in [0.2, 0.25) is 0 Å². The van der Waals surface area contributed by atoms with Crippen molar-refractivity contribution < 1.29 is 38.8 Å². The Balaban J connectivity index is 0.000000257. The molecule has 2 saturated heterocycles. The monoisotopic (exact) mass is 999 g/mol. The van der Waals surface area contributed by atoms with Gasteiger partial charge in [-0.15, -0.1) is 0 Å². The lowest BCUT2D eigenvalue weighted by atomic mass is 9.90. The lowest BCUT2D eigenvalue weighted by Crippen LogP contribution is -2.46. The standard InChI is InChI=1S/C29H32FN3O2.C29H31FN2O3.CH3F.CH4/c1-32(18-8-9-21-14-16-24(30)17-15-21)25-19-26(28(31)34)33(20-25)29(35)27(22-10-4-2-5-11-22)23-12-6-3-7-13-23;1-31(18-8-9-21-14-16-24(30)17-15-21)25-19-26(29(34)35)32(20-25)28(33)27(22-10-4-2-5-11-22)23-12-6-3-7-13-23;1-2;/h2-7,10-17,25-27H,8-9,18-20H2,1H3,(H2,31,34);2-7,10-17,25-27H,8-9,18-20H2,1H3,(H,34,35);1H3;1H4/t2*25-,26-;;/m00../s1/i;;1D;. The van der Waals surface area contributed by atoms with Crippen LogP contribution in [0.25, 0.3) is 0 Å². The number of hydrogen-bond donors (Lipinski definition) is 2. The zero-order chi connectivity index (χ0) is 52.3. The highest BCUT2D eigenvalue weighted by Crippen LogP contribution is 2.33. The smallest absolute Gasteiger partial charge is 0.326 e. The Morgan fingerprint density at radius 3 is 1.18 bits per heavy atom. The molecule has 2 aliphatic rings. The molecular weight excluding hydrogens is 928 g/mol. The number of aryl methyl sites for hydroxylation is 2. The van der Waals surface area contributed by atoms with Crippen LogP contribution in [0.4, 0.5) is 13.2 Å². The van der Waals surface area contributed by atoms with Gasteiger partial charge in [0.1, 0.15) is 23.7 Å². The summed E-state index contributed by atoms with van der Waals surface area (Å²) in [5.41, 5.74) is 11.4. The summed E-state index contributed by atoms with van der Waals surface area (Å²) in [6.07, 6.45) is 4.32. The fourth-order valence-electron chi connectivity index (χ4n) is 9.86. The average Bonchev–Trinajstić information content (AvgIpc) is 4.07. The van der Waals surface area contributed by atoms with Gasteiger partial charge in [0.25, 0.3) is 0 Å². The zero-order valence-corrected chi connectivity index (χ0v) is 41.0. The summed E-state index contributed by atoms with van der Waals surface area (Å²) in [4.78, 5) is 59.9. The number of benzene rings is 6. The van der Waals surface area contributed by atoms with Gasteiger partial charge in [0.05, 0.1) is 20.4 Å². The van der Waals surface area contributed by atoms with E-state index in [0.29, 0.717) is 25.9 Å². The van der Waals surface area contributed by atoms with E-state index in [2.05, 4.69) is 9.80 Å². The Bertz CT molecular complexity index is 2380. The van der Waals surface area contributed by atoms with Crippen LogP contribution in [0.5, 0.6) is 0 Å². The summed E-state index contributed by atoms with van der Waals surface area (Å²) in [6, 6.07) is 50.0. The zero-order valence-electron chi connectivity index (χ0n) is 42.0. The molecule has 0 radical (unpaired) electrons. The first kappa shape index (κ1) is 55.2. The van der Waals surface area contributed by atoms with E-state index >= 15 is 0 Å². The van der Waals surface area contributed by atoms with E-state index in [0.717, 1.165) is 72.2 Å². The molecule has 0 unspecified atom stereocenters. The summed E-state index contributed by atoms with van der Waals surface area (Å²) in [7, 11) is 3.00. The number of carbonyl (C=O) groups is 4. The molecule has 386 valence electrons. The molecule has 4 atom stereocenters. The molecule has 0 spiro atoms. The first-order valence-corrected chi connectivity index (χ1v) is 24.4. The maximum atomic E-state index is 13.9. The normalized spacial score (nSPS) is 17.3. The van der Waals surface area contributed by atoms with Crippen molar-refractivity contribution in [2.45, 2.75) is 82.0 Å². The minimum Gasteiger partial charge on any atom is -0.480 e. The molecular formula is C60H70F3N5O5. The molecule has 6 aromatic rings. The van der Waals surface area contributed by atoms with E-state index in [4.69, 9.17) is 7.10 Å². The second kappa shape index (κ2) is 28.2. The van der Waals surface area contributed by atoms with Crippen LogP contribution in [0.15, 0.2) is 170 Å². The number of nitrogens with two attached hydrogens (primary N) is 1. The number of hydrogen-bond acceptors (Lipinski definition) is 6. The number of nitrogens with zero attached hydrogens (tertiary/aromatic N) is 4. The number of rotatable bonds is 18. The molecule has 2 fully saturated rings. The van der Waals surface area contributed by atoms with Crippen LogP contribution < -0.4 is 5.73 Å². The van der Waals surface area contributed by atoms with Crippen molar-refractivity contribution in [3.8, 4) is 0 Å². The van der Waals surface area contributed by atoms with Crippen molar-refractivity contribution in [1.29, 1.82) is 0 Å². The number of carbonyl (C=O) groups excluding carboxylic acids is 3. The van der Waals surface area contributed by atoms with Crippen LogP contribution in [0.1, 0.15) is 79.7 Å². The summed E-state index contributed by atoms with van der Waals surface area (Å²) < 4.78 is 41.8. The Morgan fingerprint density at radius 1 is 0.575 bits per heavy atom. The molecule has 0 bridgehead atoms. The lowest BCUT2D eigenvalue weighted by Gasteiger charge is -2.28. The van der Waals surface area contributed by atoms with Crippen LogP contribution in [0, 0.1) is 11.6 Å². The van der Waals surface area contributed by atoms with Gasteiger partial charge in [-0.3, -0.25) is 18.8 Å². The van der Waals surface area contributed by atoms with E-state index in [-0.39, 0.29) is 43.0 Å². The van der Waals surface area contributed by atoms with Gasteiger partial charge in [-0.1, -0.05) is 153 Å². The third kappa shape index (κ3) is 15.5. The molecule has 6 aromatic carbocycles. The Morgan fingerprint density at radius 2 is 0.877 bits per heavy atom. The minimum absolute atomic E-state index is 0. The van der Waals surface area contributed by atoms with Crippen molar-refractivity contribution in [2.75, 3.05) is 47.4 Å². The molecule has 8 rings (SSSR count). The van der Waals surface area contributed by atoms with Crippen molar-refractivity contribution in [3.63, 3.8) is 0 Å². The molecule has 0 aromatic heterocycles. The molecule has 3 amide bonds. The third-order valence-corrected chi connectivity index (χ3v) is 13.8. The number of primary amides is 1. The molecule has 2 heterocycles. The van der Waals surface area contributed by atoms with Crippen molar-refractivity contribution in [3.05, 3.63) is 215 Å². The van der Waals surface area contributed by atoms with Crippen LogP contribution >= 0.6 is 0 Å². The van der Waals surface area contributed by atoms with Crippen molar-refractivity contribution in [2.24, 2.45) is 5.73 Å². The average molecular weight is 999 g/mol. The van der Waals surface area contributed by atoms with Crippen LogP contribution in [-0.4, -0.2) is 120 Å². The van der Waals surface area contributed by atoms with Crippen LogP contribution in [-0.2, 0) is 32.0 Å². The molecule has 10 nitrogen and oxygen atoms in total. The Labute approximate surface area is 430 Å². The topological polar surface area (TPSA) is 127 Å². The highest BCUT2D eigenvalue weighted by Gasteiger charge is 2.44.